The van der Waals surface area contributed by atoms with E-state index < -0.39 is 5.66 Å². The van der Waals surface area contributed by atoms with Crippen molar-refractivity contribution in [2.24, 2.45) is 31.5 Å². The Bertz CT molecular complexity index is 1480. The molecule has 0 saturated heterocycles. The normalized spacial score (nSPS) is 21.9. The summed E-state index contributed by atoms with van der Waals surface area (Å²) in [4.78, 5) is 39.1. The number of azo groups is 1. The van der Waals surface area contributed by atoms with Gasteiger partial charge in [0, 0.05) is 21.2 Å². The minimum absolute atomic E-state index is 0.0649. The fourth-order valence-corrected chi connectivity index (χ4v) is 7.40. The number of hydrogen-bond acceptors (Lipinski definition) is 6. The molecule has 46 heavy (non-hydrogen) atoms. The van der Waals surface area contributed by atoms with Crippen molar-refractivity contribution >= 4 is 46.6 Å². The predicted molar refractivity (Wildman–Crippen MR) is 186 cm³/mol. The van der Waals surface area contributed by atoms with Gasteiger partial charge >= 0.3 is 0 Å². The third-order valence-electron chi connectivity index (χ3n) is 9.39. The van der Waals surface area contributed by atoms with Crippen LogP contribution < -0.4 is 5.32 Å². The fourth-order valence-electron chi connectivity index (χ4n) is 6.87. The first-order valence-corrected chi connectivity index (χ1v) is 17.4. The first-order chi connectivity index (χ1) is 22.0. The second kappa shape index (κ2) is 14.8. The van der Waals surface area contributed by atoms with E-state index >= 15 is 0 Å². The van der Waals surface area contributed by atoms with Crippen LogP contribution in [0.5, 0.6) is 0 Å². The van der Waals surface area contributed by atoms with Crippen molar-refractivity contribution < 1.29 is 9.59 Å². The fraction of sp³-hybridized carbons (Fsp3) is 0.556. The Kier molecular flexibility index (Phi) is 11.0. The molecule has 1 atom stereocenters. The number of amidine groups is 1. The number of carbonyl (C=O) groups is 2. The molecular formula is C36H46Cl2N6O2. The van der Waals surface area contributed by atoms with E-state index in [-0.39, 0.29) is 29.8 Å². The molecule has 5 rings (SSSR count). The van der Waals surface area contributed by atoms with Crippen LogP contribution in [0.4, 0.5) is 0 Å². The molecule has 0 aromatic heterocycles. The molecule has 8 nitrogen and oxygen atoms in total. The quantitative estimate of drug-likeness (QED) is 0.229. The molecule has 3 aliphatic rings. The maximum absolute atomic E-state index is 14.6. The Morgan fingerprint density at radius 1 is 1.07 bits per heavy atom. The molecule has 0 radical (unpaired) electrons. The monoisotopic (exact) mass is 664 g/mol. The topological polar surface area (TPSA) is 98.8 Å². The first kappa shape index (κ1) is 34.2. The van der Waals surface area contributed by atoms with Crippen LogP contribution in [0, 0.1) is 11.3 Å². The highest BCUT2D eigenvalue weighted by Crippen LogP contribution is 2.48. The van der Waals surface area contributed by atoms with E-state index in [2.05, 4.69) is 53.1 Å². The Hall–Kier alpha value is -3.10. The van der Waals surface area contributed by atoms with Gasteiger partial charge in [-0.25, -0.2) is 4.99 Å². The summed E-state index contributed by atoms with van der Waals surface area (Å²) in [6, 6.07) is 12.7. The molecule has 2 aromatic carbocycles. The van der Waals surface area contributed by atoms with Crippen LogP contribution in [0.15, 0.2) is 62.7 Å². The lowest BCUT2D eigenvalue weighted by Crippen LogP contribution is -2.51. The number of unbranched alkanes of at least 4 members (excludes halogenated alkanes) is 2. The van der Waals surface area contributed by atoms with Crippen LogP contribution in [0.25, 0.3) is 0 Å². The van der Waals surface area contributed by atoms with Crippen molar-refractivity contribution in [3.05, 3.63) is 69.2 Å². The Labute approximate surface area is 283 Å². The predicted octanol–water partition coefficient (Wildman–Crippen LogP) is 9.21. The number of benzene rings is 2. The number of nitrogens with one attached hydrogen (secondary N) is 1. The van der Waals surface area contributed by atoms with Crippen LogP contribution in [0.1, 0.15) is 119 Å². The summed E-state index contributed by atoms with van der Waals surface area (Å²) in [6.45, 7) is 9.46. The minimum atomic E-state index is -0.641. The Morgan fingerprint density at radius 2 is 1.76 bits per heavy atom. The van der Waals surface area contributed by atoms with Crippen LogP contribution in [0.2, 0.25) is 10.0 Å². The lowest BCUT2D eigenvalue weighted by atomic mass is 9.77. The van der Waals surface area contributed by atoms with Crippen molar-refractivity contribution in [1.29, 1.82) is 0 Å². The zero-order valence-corrected chi connectivity index (χ0v) is 29.0. The van der Waals surface area contributed by atoms with Crippen LogP contribution in [0.3, 0.4) is 0 Å². The van der Waals surface area contributed by atoms with Gasteiger partial charge in [0.05, 0.1) is 12.6 Å². The summed E-state index contributed by atoms with van der Waals surface area (Å²) in [5, 5.41) is 11.6. The smallest absolute Gasteiger partial charge is 0.275 e. The number of hydrogen-bond donors (Lipinski definition) is 1. The van der Waals surface area contributed by atoms with Gasteiger partial charge in [0.25, 0.3) is 11.8 Å². The van der Waals surface area contributed by atoms with Gasteiger partial charge in [-0.1, -0.05) is 88.7 Å². The van der Waals surface area contributed by atoms with Crippen molar-refractivity contribution in [2.45, 2.75) is 104 Å². The van der Waals surface area contributed by atoms with E-state index in [0.29, 0.717) is 45.3 Å². The van der Waals surface area contributed by atoms with Crippen LogP contribution in [-0.4, -0.2) is 47.1 Å². The zero-order valence-electron chi connectivity index (χ0n) is 27.5. The highest BCUT2D eigenvalue weighted by molar-refractivity contribution is 6.47. The van der Waals surface area contributed by atoms with E-state index in [1.165, 1.54) is 25.7 Å². The highest BCUT2D eigenvalue weighted by atomic mass is 35.5. The van der Waals surface area contributed by atoms with E-state index in [1.54, 1.807) is 18.2 Å². The number of aliphatic imine (C=N–C) groups is 2. The zero-order chi connectivity index (χ0) is 32.9. The van der Waals surface area contributed by atoms with E-state index in [0.717, 1.165) is 44.1 Å². The molecule has 0 bridgehead atoms. The van der Waals surface area contributed by atoms with Gasteiger partial charge in [0.15, 0.2) is 12.5 Å². The van der Waals surface area contributed by atoms with E-state index in [4.69, 9.17) is 28.2 Å². The van der Waals surface area contributed by atoms with Crippen LogP contribution in [-0.2, 0) is 4.79 Å². The van der Waals surface area contributed by atoms with Gasteiger partial charge in [-0.3, -0.25) is 14.6 Å². The lowest BCUT2D eigenvalue weighted by Gasteiger charge is -2.46. The molecule has 1 aliphatic carbocycles. The number of rotatable bonds is 12. The average Bonchev–Trinajstić information content (AvgIpc) is 3.63. The number of amides is 2. The van der Waals surface area contributed by atoms with Gasteiger partial charge in [-0.2, -0.15) is 5.11 Å². The minimum Gasteiger partial charge on any atom is -0.345 e. The molecule has 10 heteroatoms. The van der Waals surface area contributed by atoms with Crippen molar-refractivity contribution in [3.63, 3.8) is 0 Å². The molecule has 1 saturated carbocycles. The number of carbonyl (C=O) groups excluding carboxylic acids is 2. The van der Waals surface area contributed by atoms with Crippen LogP contribution >= 0.6 is 23.2 Å². The largest absolute Gasteiger partial charge is 0.345 e. The molecule has 1 fully saturated rings. The number of nitrogens with zero attached hydrogens (tertiary/aromatic N) is 5. The molecule has 0 unspecified atom stereocenters. The Morgan fingerprint density at radius 3 is 2.37 bits per heavy atom. The summed E-state index contributed by atoms with van der Waals surface area (Å²) >= 11 is 12.8. The number of halogens is 2. The maximum atomic E-state index is 14.6. The molecule has 2 heterocycles. The third-order valence-corrected chi connectivity index (χ3v) is 9.83. The van der Waals surface area contributed by atoms with E-state index in [1.807, 2.05) is 24.3 Å². The first-order valence-electron chi connectivity index (χ1n) is 16.7. The summed E-state index contributed by atoms with van der Waals surface area (Å²) in [7, 11) is 0. The molecule has 1 spiro atoms. The van der Waals surface area contributed by atoms with Gasteiger partial charge in [0.1, 0.15) is 11.4 Å². The molecule has 246 valence electrons. The second-order valence-electron chi connectivity index (χ2n) is 14.1. The second-order valence-corrected chi connectivity index (χ2v) is 15.0. The van der Waals surface area contributed by atoms with Gasteiger partial charge < -0.3 is 10.2 Å². The summed E-state index contributed by atoms with van der Waals surface area (Å²) in [5.74, 6) is 0.870. The average molecular weight is 666 g/mol. The third kappa shape index (κ3) is 8.24. The van der Waals surface area contributed by atoms with Gasteiger partial charge in [-0.15, -0.1) is 5.11 Å². The SMILES string of the molecule is CCCCCC1CCC2(CC1)N=C(c1cc(Cl)cc(Cl)c1)C(=O)N2[C@H](CCC(C)(C)C)c1ccc(C(=O)NCC2=NCN=N2)cc1. The molecule has 2 aromatic rings. The standard InChI is InChI=1S/C36H46Cl2N6O2/c1-5-6-7-8-24-13-17-36(18-14-24)42-32(27-19-28(37)21-29(38)20-27)34(46)44(36)30(15-16-35(2,3)4)25-9-11-26(12-10-25)33(45)39-22-31-40-23-41-43-31/h9-12,19-21,24,30H,5-8,13-18,22-23H2,1-4H3,(H,39,45)/t24?,30-,36?/m1/s1. The Balaban J connectivity index is 1.47. The van der Waals surface area contributed by atoms with Crippen molar-refractivity contribution in [2.75, 3.05) is 13.2 Å². The molecule has 2 amide bonds. The summed E-state index contributed by atoms with van der Waals surface area (Å²) in [5.41, 5.74) is 2.04. The summed E-state index contributed by atoms with van der Waals surface area (Å²) < 4.78 is 0. The lowest BCUT2D eigenvalue weighted by molar-refractivity contribution is -0.133. The molecular weight excluding hydrogens is 619 g/mol. The van der Waals surface area contributed by atoms with Crippen molar-refractivity contribution in [1.82, 2.24) is 10.2 Å². The van der Waals surface area contributed by atoms with E-state index in [9.17, 15) is 9.59 Å². The maximum Gasteiger partial charge on any atom is 0.275 e. The molecule has 2 aliphatic heterocycles. The van der Waals surface area contributed by atoms with Gasteiger partial charge in [0.2, 0.25) is 0 Å². The summed E-state index contributed by atoms with van der Waals surface area (Å²) in [6.07, 6.45) is 10.3. The molecule has 1 N–H and O–H groups in total. The highest BCUT2D eigenvalue weighted by Gasteiger charge is 2.52. The van der Waals surface area contributed by atoms with Gasteiger partial charge in [-0.05, 0) is 85.8 Å². The van der Waals surface area contributed by atoms with Crippen molar-refractivity contribution in [3.8, 4) is 0 Å².